The van der Waals surface area contributed by atoms with Crippen molar-refractivity contribution < 1.29 is 8.42 Å². The molecular weight excluding hydrogens is 266 g/mol. The van der Waals surface area contributed by atoms with Gasteiger partial charge >= 0.3 is 0 Å². The zero-order chi connectivity index (χ0) is 13.9. The molecule has 19 heavy (non-hydrogen) atoms. The molecule has 1 atom stereocenters. The maximum atomic E-state index is 12.1. The Morgan fingerprint density at radius 1 is 1.53 bits per heavy atom. The largest absolute Gasteiger partial charge is 0.319 e. The van der Waals surface area contributed by atoms with Crippen molar-refractivity contribution in [2.45, 2.75) is 25.8 Å². The molecule has 0 aromatic carbocycles. The van der Waals surface area contributed by atoms with Crippen LogP contribution in [0.5, 0.6) is 0 Å². The molecule has 7 nitrogen and oxygen atoms in total. The maximum absolute atomic E-state index is 12.1. The molecule has 0 bridgehead atoms. The van der Waals surface area contributed by atoms with Gasteiger partial charge in [-0.25, -0.2) is 13.1 Å². The second-order valence-electron chi connectivity index (χ2n) is 5.11. The molecule has 1 aromatic rings. The number of hydrogen-bond donors (Lipinski definition) is 2. The molecule has 1 unspecified atom stereocenters. The topological polar surface area (TPSA) is 88.9 Å². The molecule has 0 aliphatic carbocycles. The van der Waals surface area contributed by atoms with Crippen LogP contribution < -0.4 is 10.0 Å². The first-order chi connectivity index (χ1) is 8.98. The summed E-state index contributed by atoms with van der Waals surface area (Å²) in [5.74, 6) is 1.05. The van der Waals surface area contributed by atoms with E-state index in [1.807, 2.05) is 0 Å². The molecule has 2 rings (SSSR count). The van der Waals surface area contributed by atoms with Crippen LogP contribution in [0.4, 0.5) is 0 Å². The Morgan fingerprint density at radius 3 is 2.79 bits per heavy atom. The summed E-state index contributed by atoms with van der Waals surface area (Å²) in [6.07, 6.45) is 3.39. The van der Waals surface area contributed by atoms with Gasteiger partial charge in [-0.1, -0.05) is 0 Å². The van der Waals surface area contributed by atoms with Gasteiger partial charge < -0.3 is 9.88 Å². The van der Waals surface area contributed by atoms with Crippen LogP contribution in [0.3, 0.4) is 0 Å². The van der Waals surface area contributed by atoms with Gasteiger partial charge in [0.1, 0.15) is 12.2 Å². The summed E-state index contributed by atoms with van der Waals surface area (Å²) >= 11 is 0. The average Bonchev–Trinajstić information content (AvgIpc) is 2.75. The van der Waals surface area contributed by atoms with Crippen molar-refractivity contribution in [2.24, 2.45) is 13.0 Å². The fourth-order valence-corrected chi connectivity index (χ4v) is 4.11. The van der Waals surface area contributed by atoms with Crippen LogP contribution in [0.15, 0.2) is 6.33 Å². The van der Waals surface area contributed by atoms with Gasteiger partial charge in [0.15, 0.2) is 0 Å². The van der Waals surface area contributed by atoms with Crippen LogP contribution in [0.2, 0.25) is 0 Å². The Bertz CT molecular complexity index is 507. The monoisotopic (exact) mass is 287 g/mol. The number of rotatable bonds is 5. The van der Waals surface area contributed by atoms with E-state index in [4.69, 9.17) is 0 Å². The molecule has 2 N–H and O–H groups in total. The van der Waals surface area contributed by atoms with Gasteiger partial charge in [-0.15, -0.1) is 10.2 Å². The Balaban J connectivity index is 1.95. The van der Waals surface area contributed by atoms with Crippen molar-refractivity contribution in [3.63, 3.8) is 0 Å². The third-order valence-electron chi connectivity index (χ3n) is 3.40. The lowest BCUT2D eigenvalue weighted by Gasteiger charge is -2.23. The lowest BCUT2D eigenvalue weighted by atomic mass is 10.0. The van der Waals surface area contributed by atoms with E-state index in [1.165, 1.54) is 0 Å². The predicted molar refractivity (Wildman–Crippen MR) is 71.9 cm³/mol. The van der Waals surface area contributed by atoms with Gasteiger partial charge in [0, 0.05) is 7.05 Å². The summed E-state index contributed by atoms with van der Waals surface area (Å²) in [4.78, 5) is 0. The molecule has 8 heteroatoms. The van der Waals surface area contributed by atoms with E-state index in [-0.39, 0.29) is 17.7 Å². The summed E-state index contributed by atoms with van der Waals surface area (Å²) in [6.45, 7) is 3.59. The number of aryl methyl sites for hydroxylation is 1. The van der Waals surface area contributed by atoms with E-state index < -0.39 is 10.0 Å². The summed E-state index contributed by atoms with van der Waals surface area (Å²) in [6, 6.07) is -0.362. The van der Waals surface area contributed by atoms with Gasteiger partial charge in [-0.2, -0.15) is 0 Å². The van der Waals surface area contributed by atoms with Crippen LogP contribution in [0.25, 0.3) is 0 Å². The normalized spacial score (nSPS) is 19.5. The molecule has 2 heterocycles. The Hall–Kier alpha value is -0.990. The smallest absolute Gasteiger partial charge is 0.212 e. The van der Waals surface area contributed by atoms with Crippen molar-refractivity contribution in [3.8, 4) is 0 Å². The van der Waals surface area contributed by atoms with E-state index in [1.54, 1.807) is 24.9 Å². The van der Waals surface area contributed by atoms with Crippen molar-refractivity contribution >= 4 is 10.0 Å². The highest BCUT2D eigenvalue weighted by molar-refractivity contribution is 7.89. The summed E-state index contributed by atoms with van der Waals surface area (Å²) in [7, 11) is -1.48. The zero-order valence-corrected chi connectivity index (χ0v) is 12.2. The van der Waals surface area contributed by atoms with Crippen molar-refractivity contribution in [1.29, 1.82) is 0 Å². The molecule has 0 amide bonds. The molecule has 1 aromatic heterocycles. The maximum Gasteiger partial charge on any atom is 0.212 e. The summed E-state index contributed by atoms with van der Waals surface area (Å²) in [5.41, 5.74) is 0. The fourth-order valence-electron chi connectivity index (χ4n) is 2.41. The summed E-state index contributed by atoms with van der Waals surface area (Å²) < 4.78 is 28.6. The fraction of sp³-hybridized carbons (Fsp3) is 0.818. The van der Waals surface area contributed by atoms with E-state index in [0.717, 1.165) is 25.9 Å². The van der Waals surface area contributed by atoms with Crippen LogP contribution in [0, 0.1) is 5.92 Å². The lowest BCUT2D eigenvalue weighted by molar-refractivity contribution is 0.399. The highest BCUT2D eigenvalue weighted by Gasteiger charge is 2.24. The van der Waals surface area contributed by atoms with Crippen molar-refractivity contribution in [3.05, 3.63) is 12.2 Å². The number of nitrogens with zero attached hydrogens (tertiary/aromatic N) is 3. The lowest BCUT2D eigenvalue weighted by Crippen LogP contribution is -2.37. The van der Waals surface area contributed by atoms with E-state index in [2.05, 4.69) is 20.2 Å². The first-order valence-electron chi connectivity index (χ1n) is 6.52. The van der Waals surface area contributed by atoms with Gasteiger partial charge in [0.25, 0.3) is 0 Å². The molecule has 108 valence electrons. The van der Waals surface area contributed by atoms with Crippen LogP contribution in [0.1, 0.15) is 31.6 Å². The quantitative estimate of drug-likeness (QED) is 0.782. The van der Waals surface area contributed by atoms with Gasteiger partial charge in [0.2, 0.25) is 10.0 Å². The van der Waals surface area contributed by atoms with Crippen molar-refractivity contribution in [1.82, 2.24) is 24.8 Å². The standard InChI is InChI=1S/C11H21N5O2S/c1-9(11-14-13-8-16(11)2)15-19(17,18)7-10-3-5-12-6-4-10/h8-10,12,15H,3-7H2,1-2H3. The first-order valence-corrected chi connectivity index (χ1v) is 8.18. The molecule has 0 spiro atoms. The molecule has 1 aliphatic heterocycles. The molecule has 1 fully saturated rings. The Kier molecular flexibility index (Phi) is 4.54. The van der Waals surface area contributed by atoms with Gasteiger partial charge in [-0.05, 0) is 38.8 Å². The van der Waals surface area contributed by atoms with E-state index in [9.17, 15) is 8.42 Å². The number of aromatic nitrogens is 3. The predicted octanol–water partition coefficient (Wildman–Crippen LogP) is -0.205. The minimum atomic E-state index is -3.28. The minimum absolute atomic E-state index is 0.191. The van der Waals surface area contributed by atoms with Gasteiger partial charge in [0.05, 0.1) is 11.8 Å². The highest BCUT2D eigenvalue weighted by Crippen LogP contribution is 2.16. The molecule has 1 aliphatic rings. The average molecular weight is 287 g/mol. The van der Waals surface area contributed by atoms with Gasteiger partial charge in [-0.3, -0.25) is 0 Å². The Labute approximate surface area is 113 Å². The van der Waals surface area contributed by atoms with Crippen molar-refractivity contribution in [2.75, 3.05) is 18.8 Å². The SMILES string of the molecule is CC(NS(=O)(=O)CC1CCNCC1)c1nncn1C. The van der Waals surface area contributed by atoms with E-state index >= 15 is 0 Å². The van der Waals surface area contributed by atoms with Crippen LogP contribution >= 0.6 is 0 Å². The number of piperidine rings is 1. The molecule has 1 saturated heterocycles. The number of hydrogen-bond acceptors (Lipinski definition) is 5. The molecular formula is C11H21N5O2S. The Morgan fingerprint density at radius 2 is 2.21 bits per heavy atom. The zero-order valence-electron chi connectivity index (χ0n) is 11.3. The second-order valence-corrected chi connectivity index (χ2v) is 6.91. The van der Waals surface area contributed by atoms with Crippen LogP contribution in [-0.2, 0) is 17.1 Å². The molecule has 0 saturated carbocycles. The summed E-state index contributed by atoms with van der Waals surface area (Å²) in [5, 5.41) is 10.9. The third-order valence-corrected chi connectivity index (χ3v) is 5.03. The number of sulfonamides is 1. The molecule has 0 radical (unpaired) electrons. The third kappa shape index (κ3) is 3.99. The van der Waals surface area contributed by atoms with Crippen LogP contribution in [-0.4, -0.2) is 42.0 Å². The minimum Gasteiger partial charge on any atom is -0.319 e. The highest BCUT2D eigenvalue weighted by atomic mass is 32.2. The second kappa shape index (κ2) is 5.98. The van der Waals surface area contributed by atoms with E-state index in [0.29, 0.717) is 5.82 Å². The first kappa shape index (κ1) is 14.4. The number of nitrogens with one attached hydrogen (secondary N) is 2.